The summed E-state index contributed by atoms with van der Waals surface area (Å²) < 4.78 is 17.0. The van der Waals surface area contributed by atoms with Gasteiger partial charge in [-0.3, -0.25) is 14.4 Å². The van der Waals surface area contributed by atoms with Crippen molar-refractivity contribution in [2.75, 3.05) is 13.2 Å². The Balaban J connectivity index is 4.45. The van der Waals surface area contributed by atoms with Gasteiger partial charge in [0.05, 0.1) is 0 Å². The molecule has 0 aliphatic rings. The molecule has 1 unspecified atom stereocenters. The lowest BCUT2D eigenvalue weighted by atomic mass is 10.0. The molecular weight excluding hydrogens is 1020 g/mol. The minimum atomic E-state index is -0.807. The van der Waals surface area contributed by atoms with Gasteiger partial charge in [-0.25, -0.2) is 0 Å². The van der Waals surface area contributed by atoms with E-state index in [1.54, 1.807) is 0 Å². The Morgan fingerprint density at radius 3 is 0.771 bits per heavy atom. The first-order valence-corrected chi connectivity index (χ1v) is 35.4. The average molecular weight is 1150 g/mol. The molecule has 0 aliphatic heterocycles. The maximum atomic E-state index is 13.0. The summed E-state index contributed by atoms with van der Waals surface area (Å²) in [6.07, 6.45) is 96.8. The maximum Gasteiger partial charge on any atom is 0.306 e. The van der Waals surface area contributed by atoms with Crippen LogP contribution in [0.25, 0.3) is 0 Å². The van der Waals surface area contributed by atoms with Crippen molar-refractivity contribution in [1.29, 1.82) is 0 Å². The summed E-state index contributed by atoms with van der Waals surface area (Å²) in [5, 5.41) is 0. The molecule has 0 amide bonds. The van der Waals surface area contributed by atoms with Crippen LogP contribution in [-0.2, 0) is 28.6 Å². The lowest BCUT2D eigenvalue weighted by Crippen LogP contribution is -2.30. The predicted molar refractivity (Wildman–Crippen MR) is 362 cm³/mol. The largest absolute Gasteiger partial charge is 0.462 e. The lowest BCUT2D eigenvalue weighted by Gasteiger charge is -2.18. The van der Waals surface area contributed by atoms with Crippen LogP contribution < -0.4 is 0 Å². The van der Waals surface area contributed by atoms with Crippen LogP contribution in [-0.4, -0.2) is 37.2 Å². The quantitative estimate of drug-likeness (QED) is 0.0261. The molecule has 0 N–H and O–H groups in total. The topological polar surface area (TPSA) is 78.9 Å². The Labute approximate surface area is 514 Å². The van der Waals surface area contributed by atoms with Crippen LogP contribution in [0.5, 0.6) is 0 Å². The molecule has 0 fully saturated rings. The molecular formula is C77H132O6. The van der Waals surface area contributed by atoms with Crippen molar-refractivity contribution < 1.29 is 28.6 Å². The second-order valence-corrected chi connectivity index (χ2v) is 23.4. The van der Waals surface area contributed by atoms with Gasteiger partial charge in [-0.1, -0.05) is 304 Å². The van der Waals surface area contributed by atoms with E-state index in [2.05, 4.69) is 130 Å². The third-order valence-corrected chi connectivity index (χ3v) is 15.2. The molecule has 0 saturated carbocycles. The number of esters is 3. The Morgan fingerprint density at radius 1 is 0.253 bits per heavy atom. The molecule has 0 aliphatic carbocycles. The third kappa shape index (κ3) is 68.7. The van der Waals surface area contributed by atoms with Gasteiger partial charge in [0.25, 0.3) is 0 Å². The Kier molecular flexibility index (Phi) is 67.2. The van der Waals surface area contributed by atoms with E-state index >= 15 is 0 Å². The number of hydrogen-bond donors (Lipinski definition) is 0. The van der Waals surface area contributed by atoms with Crippen molar-refractivity contribution in [3.8, 4) is 0 Å². The smallest absolute Gasteiger partial charge is 0.306 e. The number of allylic oxidation sites excluding steroid dienone is 18. The summed E-state index contributed by atoms with van der Waals surface area (Å²) in [5.74, 6) is -0.931. The molecule has 0 bridgehead atoms. The molecule has 0 rings (SSSR count). The van der Waals surface area contributed by atoms with E-state index in [0.29, 0.717) is 19.3 Å². The summed E-state index contributed by atoms with van der Waals surface area (Å²) in [6, 6.07) is 0. The van der Waals surface area contributed by atoms with Crippen LogP contribution in [0.4, 0.5) is 0 Å². The molecule has 0 heterocycles. The molecule has 1 atom stereocenters. The van der Waals surface area contributed by atoms with Crippen LogP contribution in [0.2, 0.25) is 0 Å². The number of unbranched alkanes of at least 4 members (excludes halogenated alkanes) is 35. The van der Waals surface area contributed by atoms with E-state index in [9.17, 15) is 14.4 Å². The zero-order chi connectivity index (χ0) is 59.9. The summed E-state index contributed by atoms with van der Waals surface area (Å²) in [4.78, 5) is 38.5. The first-order chi connectivity index (χ1) is 41.0. The fourth-order valence-corrected chi connectivity index (χ4v) is 9.94. The normalized spacial score (nSPS) is 12.8. The van der Waals surface area contributed by atoms with E-state index in [-0.39, 0.29) is 37.5 Å². The van der Waals surface area contributed by atoms with Gasteiger partial charge in [0, 0.05) is 19.3 Å². The van der Waals surface area contributed by atoms with E-state index < -0.39 is 6.10 Å². The summed E-state index contributed by atoms with van der Waals surface area (Å²) in [5.41, 5.74) is 0. The van der Waals surface area contributed by atoms with Gasteiger partial charge >= 0.3 is 17.9 Å². The molecule has 6 heteroatoms. The highest BCUT2D eigenvalue weighted by molar-refractivity contribution is 5.71. The first-order valence-electron chi connectivity index (χ1n) is 35.4. The molecule has 0 spiro atoms. The van der Waals surface area contributed by atoms with Gasteiger partial charge in [0.15, 0.2) is 6.10 Å². The van der Waals surface area contributed by atoms with E-state index in [1.807, 2.05) is 0 Å². The van der Waals surface area contributed by atoms with Gasteiger partial charge in [0.1, 0.15) is 13.2 Å². The predicted octanol–water partition coefficient (Wildman–Crippen LogP) is 24.6. The molecule has 0 saturated heterocycles. The molecule has 0 aromatic rings. The van der Waals surface area contributed by atoms with Crippen molar-refractivity contribution >= 4 is 17.9 Å². The Morgan fingerprint density at radius 2 is 0.470 bits per heavy atom. The van der Waals surface area contributed by atoms with Gasteiger partial charge in [0.2, 0.25) is 0 Å². The highest BCUT2D eigenvalue weighted by Gasteiger charge is 2.19. The maximum absolute atomic E-state index is 13.0. The highest BCUT2D eigenvalue weighted by Crippen LogP contribution is 2.17. The van der Waals surface area contributed by atoms with Crippen LogP contribution in [0, 0.1) is 0 Å². The average Bonchev–Trinajstić information content (AvgIpc) is 3.49. The van der Waals surface area contributed by atoms with Crippen LogP contribution in [0.15, 0.2) is 109 Å². The molecule has 83 heavy (non-hydrogen) atoms. The standard InChI is InChI=1S/C77H132O6/c1-4-7-10-13-16-19-22-25-28-31-34-37-38-41-43-46-49-52-55-58-61-64-67-70-76(79)82-73-74(83-77(80)71-68-65-62-59-56-53-50-47-44-40-36-33-30-27-24-21-18-15-12-9-6-3)72-81-75(78)69-66-63-60-57-54-51-48-45-42-39-35-32-29-26-23-20-17-14-11-8-5-2/h9,12,18,21-22,25,27,30-32,34-36,40,47,50,56,59,74H,4-8,10-11,13-17,19-20,23-24,26,28-29,33,37-39,41-46,48-49,51-55,57-58,60-73H2,1-3H3/b12-9-,21-18-,25-22-,30-27-,34-31-,35-32-,40-36-,50-47-,59-56-. The zero-order valence-electron chi connectivity index (χ0n) is 54.7. The molecule has 0 radical (unpaired) electrons. The van der Waals surface area contributed by atoms with Crippen LogP contribution in [0.3, 0.4) is 0 Å². The van der Waals surface area contributed by atoms with Gasteiger partial charge in [-0.05, 0) is 128 Å². The molecule has 0 aromatic heterocycles. The number of carbonyl (C=O) groups excluding carboxylic acids is 3. The molecule has 6 nitrogen and oxygen atoms in total. The van der Waals surface area contributed by atoms with E-state index in [4.69, 9.17) is 14.2 Å². The second-order valence-electron chi connectivity index (χ2n) is 23.4. The van der Waals surface area contributed by atoms with Crippen LogP contribution in [0.1, 0.15) is 342 Å². The van der Waals surface area contributed by atoms with Gasteiger partial charge in [-0.2, -0.15) is 0 Å². The van der Waals surface area contributed by atoms with Crippen molar-refractivity contribution in [2.24, 2.45) is 0 Å². The number of ether oxygens (including phenoxy) is 3. The first kappa shape index (κ1) is 79.1. The summed E-state index contributed by atoms with van der Waals surface area (Å²) >= 11 is 0. The third-order valence-electron chi connectivity index (χ3n) is 15.2. The monoisotopic (exact) mass is 1150 g/mol. The minimum Gasteiger partial charge on any atom is -0.462 e. The van der Waals surface area contributed by atoms with Gasteiger partial charge in [-0.15, -0.1) is 0 Å². The number of rotatable bonds is 64. The fraction of sp³-hybridized carbons (Fsp3) is 0.727. The lowest BCUT2D eigenvalue weighted by molar-refractivity contribution is -0.167. The number of hydrogen-bond acceptors (Lipinski definition) is 6. The van der Waals surface area contributed by atoms with Gasteiger partial charge < -0.3 is 14.2 Å². The van der Waals surface area contributed by atoms with E-state index in [0.717, 1.165) is 96.3 Å². The highest BCUT2D eigenvalue weighted by atomic mass is 16.6. The minimum absolute atomic E-state index is 0.0970. The van der Waals surface area contributed by atoms with E-state index in [1.165, 1.54) is 199 Å². The van der Waals surface area contributed by atoms with Crippen molar-refractivity contribution in [3.05, 3.63) is 109 Å². The summed E-state index contributed by atoms with van der Waals surface area (Å²) in [7, 11) is 0. The molecule has 0 aromatic carbocycles. The summed E-state index contributed by atoms with van der Waals surface area (Å²) in [6.45, 7) is 6.52. The van der Waals surface area contributed by atoms with Crippen molar-refractivity contribution in [3.63, 3.8) is 0 Å². The Hall–Kier alpha value is -3.93. The van der Waals surface area contributed by atoms with Crippen molar-refractivity contribution in [1.82, 2.24) is 0 Å². The van der Waals surface area contributed by atoms with Crippen molar-refractivity contribution in [2.45, 2.75) is 348 Å². The fourth-order valence-electron chi connectivity index (χ4n) is 9.94. The molecule has 476 valence electrons. The van der Waals surface area contributed by atoms with Crippen LogP contribution >= 0.6 is 0 Å². The number of carbonyl (C=O) groups is 3. The zero-order valence-corrected chi connectivity index (χ0v) is 54.7. The Bertz CT molecular complexity index is 1660. The SMILES string of the molecule is CC/C=C\C/C=C\C/C=C\C/C=C\C/C=C\C/C=C\CCCCC(=O)OC(COC(=O)CCCCCCCCCCC/C=C\CCCCCCCCCC)COC(=O)CCCCCCCCCCCCC/C=C\C/C=C\CCCCCCC. The second kappa shape index (κ2) is 70.6.